The highest BCUT2D eigenvalue weighted by molar-refractivity contribution is 5.48. The van der Waals surface area contributed by atoms with Gasteiger partial charge in [-0.15, -0.1) is 5.10 Å². The molecule has 2 aromatic rings. The zero-order valence-corrected chi connectivity index (χ0v) is 11.9. The summed E-state index contributed by atoms with van der Waals surface area (Å²) < 4.78 is 13.9. The largest absolute Gasteiger partial charge is 0.353 e. The monoisotopic (exact) mass is 290 g/mol. The van der Waals surface area contributed by atoms with Gasteiger partial charge in [0.05, 0.1) is 19.8 Å². The molecule has 0 radical (unpaired) electrons. The lowest BCUT2D eigenvalue weighted by atomic mass is 10.3. The van der Waals surface area contributed by atoms with Gasteiger partial charge >= 0.3 is 5.69 Å². The lowest BCUT2D eigenvalue weighted by Gasteiger charge is -2.22. The lowest BCUT2D eigenvalue weighted by molar-refractivity contribution is -0.182. The van der Waals surface area contributed by atoms with Gasteiger partial charge in [0.1, 0.15) is 5.69 Å². The molecule has 0 saturated carbocycles. The topological polar surface area (TPSA) is 71.2 Å². The molecule has 3 heterocycles. The Balaban J connectivity index is 1.76. The van der Waals surface area contributed by atoms with E-state index in [9.17, 15) is 4.79 Å². The minimum absolute atomic E-state index is 0.161. The van der Waals surface area contributed by atoms with Crippen LogP contribution in [-0.4, -0.2) is 38.8 Å². The first kappa shape index (κ1) is 14.0. The Morgan fingerprint density at radius 2 is 2.14 bits per heavy atom. The second-order valence-electron chi connectivity index (χ2n) is 4.92. The molecule has 1 fully saturated rings. The second kappa shape index (κ2) is 6.19. The van der Waals surface area contributed by atoms with Crippen molar-refractivity contribution in [1.29, 1.82) is 0 Å². The molecule has 7 heteroatoms. The molecule has 7 nitrogen and oxygen atoms in total. The Morgan fingerprint density at radius 1 is 1.33 bits per heavy atom. The van der Waals surface area contributed by atoms with E-state index in [2.05, 4.69) is 10.1 Å². The van der Waals surface area contributed by atoms with Crippen LogP contribution in [0.15, 0.2) is 29.2 Å². The van der Waals surface area contributed by atoms with Crippen LogP contribution in [0.5, 0.6) is 0 Å². The lowest BCUT2D eigenvalue weighted by Crippen LogP contribution is -2.29. The molecule has 0 atom stereocenters. The predicted molar refractivity (Wildman–Crippen MR) is 75.6 cm³/mol. The fraction of sp³-hybridized carbons (Fsp3) is 0.500. The summed E-state index contributed by atoms with van der Waals surface area (Å²) in [5.74, 6) is 0.561. The number of rotatable bonds is 4. The first-order valence-electron chi connectivity index (χ1n) is 7.04. The summed E-state index contributed by atoms with van der Waals surface area (Å²) in [5.41, 5.74) is 0.521. The molecule has 0 aromatic carbocycles. The molecule has 1 aliphatic rings. The van der Waals surface area contributed by atoms with Crippen LogP contribution in [0.2, 0.25) is 0 Å². The van der Waals surface area contributed by atoms with Crippen molar-refractivity contribution in [2.75, 3.05) is 13.2 Å². The van der Waals surface area contributed by atoms with E-state index in [-0.39, 0.29) is 12.0 Å². The van der Waals surface area contributed by atoms with Crippen LogP contribution in [0, 0.1) is 0 Å². The number of pyridine rings is 1. The Kier molecular flexibility index (Phi) is 4.12. The van der Waals surface area contributed by atoms with Crippen molar-refractivity contribution < 1.29 is 9.47 Å². The van der Waals surface area contributed by atoms with E-state index in [1.165, 1.54) is 9.25 Å². The molecular formula is C14H18N4O3. The normalized spacial score (nSPS) is 16.2. The van der Waals surface area contributed by atoms with Gasteiger partial charge in [-0.2, -0.15) is 0 Å². The van der Waals surface area contributed by atoms with Gasteiger partial charge in [0.15, 0.2) is 12.1 Å². The van der Waals surface area contributed by atoms with Gasteiger partial charge in [-0.1, -0.05) is 6.07 Å². The van der Waals surface area contributed by atoms with Crippen molar-refractivity contribution in [3.05, 3.63) is 34.9 Å². The Hall–Kier alpha value is -1.99. The molecule has 21 heavy (non-hydrogen) atoms. The van der Waals surface area contributed by atoms with E-state index < -0.39 is 0 Å². The van der Waals surface area contributed by atoms with Gasteiger partial charge in [0.25, 0.3) is 0 Å². The molecular weight excluding hydrogens is 272 g/mol. The molecule has 112 valence electrons. The summed E-state index contributed by atoms with van der Waals surface area (Å²) in [6.07, 6.45) is 2.97. The molecule has 0 N–H and O–H groups in total. The first-order valence-corrected chi connectivity index (χ1v) is 7.04. The molecule has 0 amide bonds. The smallest absolute Gasteiger partial charge is 0.345 e. The maximum absolute atomic E-state index is 12.2. The first-order chi connectivity index (χ1) is 10.3. The fourth-order valence-corrected chi connectivity index (χ4v) is 2.28. The van der Waals surface area contributed by atoms with Crippen molar-refractivity contribution in [1.82, 2.24) is 19.3 Å². The van der Waals surface area contributed by atoms with Crippen molar-refractivity contribution in [2.24, 2.45) is 7.05 Å². The minimum atomic E-state index is -0.244. The molecule has 0 bridgehead atoms. The van der Waals surface area contributed by atoms with E-state index in [0.29, 0.717) is 37.7 Å². The quantitative estimate of drug-likeness (QED) is 0.833. The van der Waals surface area contributed by atoms with Crippen LogP contribution in [0.3, 0.4) is 0 Å². The van der Waals surface area contributed by atoms with E-state index in [1.54, 1.807) is 13.2 Å². The van der Waals surface area contributed by atoms with Crippen molar-refractivity contribution in [2.45, 2.75) is 25.7 Å². The average Bonchev–Trinajstić information content (AvgIpc) is 2.83. The van der Waals surface area contributed by atoms with Crippen molar-refractivity contribution >= 4 is 0 Å². The molecule has 2 aromatic heterocycles. The molecule has 0 aliphatic carbocycles. The summed E-state index contributed by atoms with van der Waals surface area (Å²) in [4.78, 5) is 16.4. The van der Waals surface area contributed by atoms with Crippen LogP contribution in [-0.2, 0) is 23.1 Å². The van der Waals surface area contributed by atoms with Gasteiger partial charge < -0.3 is 9.47 Å². The van der Waals surface area contributed by atoms with E-state index in [1.807, 2.05) is 18.2 Å². The number of nitrogens with zero attached hydrogens (tertiary/aromatic N) is 4. The van der Waals surface area contributed by atoms with Gasteiger partial charge in [-0.25, -0.2) is 9.48 Å². The van der Waals surface area contributed by atoms with E-state index >= 15 is 0 Å². The van der Waals surface area contributed by atoms with Crippen molar-refractivity contribution in [3.8, 4) is 11.5 Å². The average molecular weight is 290 g/mol. The summed E-state index contributed by atoms with van der Waals surface area (Å²) >= 11 is 0. The zero-order valence-electron chi connectivity index (χ0n) is 11.9. The number of hydrogen-bond acceptors (Lipinski definition) is 5. The third-order valence-corrected chi connectivity index (χ3v) is 3.41. The van der Waals surface area contributed by atoms with Crippen LogP contribution in [0.1, 0.15) is 12.8 Å². The highest BCUT2D eigenvalue weighted by Crippen LogP contribution is 2.12. The van der Waals surface area contributed by atoms with Crippen LogP contribution < -0.4 is 5.69 Å². The second-order valence-corrected chi connectivity index (χ2v) is 4.92. The number of aryl methyl sites for hydroxylation is 1. The number of aromatic nitrogens is 4. The molecule has 3 rings (SSSR count). The Labute approximate surface area is 122 Å². The van der Waals surface area contributed by atoms with Crippen LogP contribution in [0.4, 0.5) is 0 Å². The van der Waals surface area contributed by atoms with Crippen LogP contribution in [0.25, 0.3) is 11.5 Å². The molecule has 0 unspecified atom stereocenters. The zero-order chi connectivity index (χ0) is 14.7. The van der Waals surface area contributed by atoms with Crippen molar-refractivity contribution in [3.63, 3.8) is 0 Å². The molecule has 1 saturated heterocycles. The highest BCUT2D eigenvalue weighted by atomic mass is 16.7. The van der Waals surface area contributed by atoms with Crippen LogP contribution >= 0.6 is 0 Å². The Morgan fingerprint density at radius 3 is 2.86 bits per heavy atom. The maximum Gasteiger partial charge on any atom is 0.345 e. The molecule has 1 aliphatic heterocycles. The number of ether oxygens (including phenoxy) is 2. The predicted octanol–water partition coefficient (Wildman–Crippen LogP) is 0.797. The van der Waals surface area contributed by atoms with E-state index in [4.69, 9.17) is 9.47 Å². The third kappa shape index (κ3) is 3.03. The summed E-state index contributed by atoms with van der Waals surface area (Å²) in [6, 6.07) is 5.53. The maximum atomic E-state index is 12.2. The molecule has 0 spiro atoms. The highest BCUT2D eigenvalue weighted by Gasteiger charge is 2.17. The standard InChI is InChI=1S/C14H18N4O3/c1-17-13(11-5-2-3-7-15-11)16-18(14(17)19)8-6-12-20-9-4-10-21-12/h2-3,5,7,12H,4,6,8-10H2,1H3. The third-order valence-electron chi connectivity index (χ3n) is 3.41. The van der Waals surface area contributed by atoms with Gasteiger partial charge in [0, 0.05) is 19.7 Å². The summed E-state index contributed by atoms with van der Waals surface area (Å²) in [6.45, 7) is 1.88. The number of hydrogen-bond donors (Lipinski definition) is 0. The Bertz CT molecular complexity index is 644. The van der Waals surface area contributed by atoms with E-state index in [0.717, 1.165) is 6.42 Å². The fourth-order valence-electron chi connectivity index (χ4n) is 2.28. The van der Waals surface area contributed by atoms with Gasteiger partial charge in [0.2, 0.25) is 0 Å². The minimum Gasteiger partial charge on any atom is -0.353 e. The van der Waals surface area contributed by atoms with Gasteiger partial charge in [-0.3, -0.25) is 9.55 Å². The van der Waals surface area contributed by atoms with Gasteiger partial charge in [-0.05, 0) is 18.6 Å². The summed E-state index contributed by atoms with van der Waals surface area (Å²) in [7, 11) is 1.70. The SMILES string of the molecule is Cn1c(-c2ccccn2)nn(CCC2OCCCO2)c1=O. The summed E-state index contributed by atoms with van der Waals surface area (Å²) in [5, 5.41) is 4.36.